The van der Waals surface area contributed by atoms with Crippen molar-refractivity contribution >= 4 is 17.5 Å². The fraction of sp³-hybridized carbons (Fsp3) is 0.429. The van der Waals surface area contributed by atoms with Crippen LogP contribution < -0.4 is 4.90 Å². The molecule has 0 heterocycles. The van der Waals surface area contributed by atoms with E-state index >= 15 is 0 Å². The Kier molecular flexibility index (Phi) is 4.44. The van der Waals surface area contributed by atoms with E-state index in [1.807, 2.05) is 32.0 Å². The van der Waals surface area contributed by atoms with E-state index in [1.165, 1.54) is 18.7 Å². The van der Waals surface area contributed by atoms with Crippen LogP contribution in [-0.4, -0.2) is 11.8 Å². The average Bonchev–Trinajstić information content (AvgIpc) is 2.28. The number of imide groups is 1. The first-order chi connectivity index (χ1) is 8.02. The zero-order chi connectivity index (χ0) is 13.0. The molecule has 3 nitrogen and oxygen atoms in total. The van der Waals surface area contributed by atoms with Crippen molar-refractivity contribution in [3.05, 3.63) is 29.3 Å². The minimum Gasteiger partial charge on any atom is -0.274 e. The Morgan fingerprint density at radius 2 is 1.41 bits per heavy atom. The van der Waals surface area contributed by atoms with Gasteiger partial charge in [0.1, 0.15) is 0 Å². The summed E-state index contributed by atoms with van der Waals surface area (Å²) in [5.74, 6) is -0.457. The fourth-order valence-electron chi connectivity index (χ4n) is 2.04. The number of rotatable bonds is 3. The lowest BCUT2D eigenvalue weighted by Gasteiger charge is -2.23. The van der Waals surface area contributed by atoms with Gasteiger partial charge in [-0.2, -0.15) is 0 Å². The Hall–Kier alpha value is -1.64. The molecule has 0 radical (unpaired) electrons. The van der Waals surface area contributed by atoms with E-state index in [4.69, 9.17) is 0 Å². The van der Waals surface area contributed by atoms with Crippen molar-refractivity contribution in [1.82, 2.24) is 0 Å². The predicted octanol–water partition coefficient (Wildman–Crippen LogP) is 2.71. The van der Waals surface area contributed by atoms with Crippen molar-refractivity contribution in [2.24, 2.45) is 0 Å². The van der Waals surface area contributed by atoms with Crippen molar-refractivity contribution in [2.75, 3.05) is 4.90 Å². The fourth-order valence-corrected chi connectivity index (χ4v) is 2.04. The molecule has 17 heavy (non-hydrogen) atoms. The molecule has 0 saturated heterocycles. The Balaban J connectivity index is 3.44. The van der Waals surface area contributed by atoms with Crippen molar-refractivity contribution in [3.8, 4) is 0 Å². The monoisotopic (exact) mass is 233 g/mol. The van der Waals surface area contributed by atoms with Crippen molar-refractivity contribution in [3.63, 3.8) is 0 Å². The molecule has 92 valence electrons. The van der Waals surface area contributed by atoms with Crippen LogP contribution >= 0.6 is 0 Å². The quantitative estimate of drug-likeness (QED) is 0.805. The van der Waals surface area contributed by atoms with Crippen molar-refractivity contribution in [2.45, 2.75) is 40.5 Å². The number of hydrogen-bond donors (Lipinski definition) is 0. The smallest absolute Gasteiger partial charge is 0.230 e. The van der Waals surface area contributed by atoms with Gasteiger partial charge in [-0.25, -0.2) is 0 Å². The van der Waals surface area contributed by atoms with Gasteiger partial charge >= 0.3 is 0 Å². The minimum absolute atomic E-state index is 0.229. The molecular formula is C14H19NO2. The molecule has 0 aliphatic rings. The molecule has 0 spiro atoms. The lowest BCUT2D eigenvalue weighted by molar-refractivity contribution is -0.124. The molecule has 0 bridgehead atoms. The molecule has 0 aliphatic carbocycles. The van der Waals surface area contributed by atoms with Gasteiger partial charge in [0.2, 0.25) is 11.8 Å². The van der Waals surface area contributed by atoms with Gasteiger partial charge < -0.3 is 0 Å². The van der Waals surface area contributed by atoms with E-state index in [0.29, 0.717) is 0 Å². The van der Waals surface area contributed by atoms with Crippen LogP contribution in [0.5, 0.6) is 0 Å². The highest BCUT2D eigenvalue weighted by Crippen LogP contribution is 2.27. The highest BCUT2D eigenvalue weighted by atomic mass is 16.2. The molecule has 3 heteroatoms. The summed E-state index contributed by atoms with van der Waals surface area (Å²) in [5, 5.41) is 0. The van der Waals surface area contributed by atoms with Crippen LogP contribution in [0.25, 0.3) is 0 Å². The van der Waals surface area contributed by atoms with E-state index in [1.54, 1.807) is 0 Å². The summed E-state index contributed by atoms with van der Waals surface area (Å²) in [5.41, 5.74) is 2.85. The summed E-state index contributed by atoms with van der Waals surface area (Å²) in [6, 6.07) is 5.90. The Morgan fingerprint density at radius 3 is 1.71 bits per heavy atom. The van der Waals surface area contributed by atoms with Gasteiger partial charge in [-0.05, 0) is 24.0 Å². The minimum atomic E-state index is -0.229. The van der Waals surface area contributed by atoms with Gasteiger partial charge in [-0.15, -0.1) is 0 Å². The second-order valence-corrected chi connectivity index (χ2v) is 4.01. The first kappa shape index (κ1) is 13.4. The van der Waals surface area contributed by atoms with Crippen LogP contribution in [0.15, 0.2) is 18.2 Å². The molecule has 0 saturated carbocycles. The van der Waals surface area contributed by atoms with Gasteiger partial charge in [0.05, 0.1) is 5.69 Å². The van der Waals surface area contributed by atoms with E-state index < -0.39 is 0 Å². The van der Waals surface area contributed by atoms with Gasteiger partial charge in [0, 0.05) is 13.8 Å². The molecule has 0 unspecified atom stereocenters. The number of aryl methyl sites for hydroxylation is 2. The summed E-state index contributed by atoms with van der Waals surface area (Å²) in [7, 11) is 0. The standard InChI is InChI=1S/C14H19NO2/c1-5-12-8-7-9-13(6-2)14(12)15(10(3)16)11(4)17/h7-9H,5-6H2,1-4H3. The summed E-state index contributed by atoms with van der Waals surface area (Å²) in [6.07, 6.45) is 1.61. The highest BCUT2D eigenvalue weighted by Gasteiger charge is 2.21. The largest absolute Gasteiger partial charge is 0.274 e. The molecule has 0 aliphatic heterocycles. The maximum absolute atomic E-state index is 11.6. The number of anilines is 1. The summed E-state index contributed by atoms with van der Waals surface area (Å²) < 4.78 is 0. The number of amides is 2. The zero-order valence-electron chi connectivity index (χ0n) is 10.9. The number of carbonyl (C=O) groups excluding carboxylic acids is 2. The van der Waals surface area contributed by atoms with E-state index in [9.17, 15) is 9.59 Å². The Morgan fingerprint density at radius 1 is 1.00 bits per heavy atom. The van der Waals surface area contributed by atoms with E-state index in [2.05, 4.69) is 0 Å². The molecule has 2 amide bonds. The average molecular weight is 233 g/mol. The number of benzene rings is 1. The zero-order valence-corrected chi connectivity index (χ0v) is 10.9. The third kappa shape index (κ3) is 2.73. The van der Waals surface area contributed by atoms with Crippen molar-refractivity contribution < 1.29 is 9.59 Å². The number of carbonyl (C=O) groups is 2. The first-order valence-corrected chi connectivity index (χ1v) is 5.94. The molecule has 0 N–H and O–H groups in total. The second-order valence-electron chi connectivity index (χ2n) is 4.01. The van der Waals surface area contributed by atoms with E-state index in [-0.39, 0.29) is 11.8 Å². The van der Waals surface area contributed by atoms with Crippen LogP contribution in [0, 0.1) is 0 Å². The number of para-hydroxylation sites is 1. The molecule has 0 aromatic heterocycles. The summed E-state index contributed by atoms with van der Waals surface area (Å²) >= 11 is 0. The number of nitrogens with zero attached hydrogens (tertiary/aromatic N) is 1. The SMILES string of the molecule is CCc1cccc(CC)c1N(C(C)=O)C(C)=O. The van der Waals surface area contributed by atoms with Crippen LogP contribution in [0.1, 0.15) is 38.8 Å². The molecule has 1 aromatic carbocycles. The molecule has 0 atom stereocenters. The second kappa shape index (κ2) is 5.62. The molecule has 1 rings (SSSR count). The lowest BCUT2D eigenvalue weighted by Crippen LogP contribution is -2.34. The Labute approximate surface area is 102 Å². The van der Waals surface area contributed by atoms with Gasteiger partial charge in [0.25, 0.3) is 0 Å². The maximum atomic E-state index is 11.6. The van der Waals surface area contributed by atoms with Gasteiger partial charge in [0.15, 0.2) is 0 Å². The first-order valence-electron chi connectivity index (χ1n) is 5.94. The normalized spacial score (nSPS) is 10.1. The van der Waals surface area contributed by atoms with Crippen LogP contribution in [0.4, 0.5) is 5.69 Å². The molecule has 0 fully saturated rings. The third-order valence-corrected chi connectivity index (χ3v) is 2.82. The predicted molar refractivity (Wildman–Crippen MR) is 69.0 cm³/mol. The van der Waals surface area contributed by atoms with Crippen LogP contribution in [-0.2, 0) is 22.4 Å². The van der Waals surface area contributed by atoms with Crippen molar-refractivity contribution in [1.29, 1.82) is 0 Å². The van der Waals surface area contributed by atoms with Gasteiger partial charge in [-0.1, -0.05) is 32.0 Å². The molecule has 1 aromatic rings. The van der Waals surface area contributed by atoms with Gasteiger partial charge in [-0.3, -0.25) is 14.5 Å². The highest BCUT2D eigenvalue weighted by molar-refractivity contribution is 6.14. The number of hydrogen-bond acceptors (Lipinski definition) is 2. The molecular weight excluding hydrogens is 214 g/mol. The topological polar surface area (TPSA) is 37.4 Å². The summed E-state index contributed by atoms with van der Waals surface area (Å²) in [4.78, 5) is 24.5. The third-order valence-electron chi connectivity index (χ3n) is 2.82. The van der Waals surface area contributed by atoms with Crippen LogP contribution in [0.2, 0.25) is 0 Å². The Bertz CT molecular complexity index is 402. The van der Waals surface area contributed by atoms with Crippen LogP contribution in [0.3, 0.4) is 0 Å². The lowest BCUT2D eigenvalue weighted by atomic mass is 10.0. The summed E-state index contributed by atoms with van der Waals surface area (Å²) in [6.45, 7) is 6.90. The maximum Gasteiger partial charge on any atom is 0.230 e. The van der Waals surface area contributed by atoms with E-state index in [0.717, 1.165) is 29.7 Å².